The Morgan fingerprint density at radius 3 is 2.48 bits per heavy atom. The summed E-state index contributed by atoms with van der Waals surface area (Å²) in [6.45, 7) is 2.23. The molecule has 1 N–H and O–H groups in total. The van der Waals surface area contributed by atoms with Crippen LogP contribution in [-0.4, -0.2) is 34.6 Å². The number of hydrogen-bond acceptors (Lipinski definition) is 3. The van der Waals surface area contributed by atoms with Crippen molar-refractivity contribution < 1.29 is 9.59 Å². The molecule has 178 valence electrons. The van der Waals surface area contributed by atoms with Gasteiger partial charge in [-0.2, -0.15) is 0 Å². The first kappa shape index (κ1) is 25.9. The fourth-order valence-corrected chi connectivity index (χ4v) is 5.54. The summed E-state index contributed by atoms with van der Waals surface area (Å²) in [5.74, 6) is 0.530. The number of carbonyl (C=O) groups is 2. The molecule has 1 saturated carbocycles. The van der Waals surface area contributed by atoms with E-state index in [1.54, 1.807) is 28.8 Å². The van der Waals surface area contributed by atoms with Crippen molar-refractivity contribution in [3.8, 4) is 0 Å². The summed E-state index contributed by atoms with van der Waals surface area (Å²) in [5, 5.41) is 4.25. The van der Waals surface area contributed by atoms with Gasteiger partial charge in [-0.1, -0.05) is 73.7 Å². The van der Waals surface area contributed by atoms with Gasteiger partial charge in [-0.05, 0) is 49.1 Å². The Kier molecular flexibility index (Phi) is 10.4. The van der Waals surface area contributed by atoms with Gasteiger partial charge in [-0.3, -0.25) is 9.59 Å². The zero-order valence-corrected chi connectivity index (χ0v) is 21.4. The molecule has 7 heteroatoms. The average Bonchev–Trinajstić information content (AvgIpc) is 2.81. The van der Waals surface area contributed by atoms with Gasteiger partial charge in [0.25, 0.3) is 0 Å². The molecule has 33 heavy (non-hydrogen) atoms. The van der Waals surface area contributed by atoms with Crippen molar-refractivity contribution in [2.24, 2.45) is 0 Å². The molecule has 4 nitrogen and oxygen atoms in total. The molecule has 0 heterocycles. The molecule has 0 unspecified atom stereocenters. The van der Waals surface area contributed by atoms with E-state index in [9.17, 15) is 9.59 Å². The fourth-order valence-electron chi connectivity index (χ4n) is 4.21. The monoisotopic (exact) mass is 506 g/mol. The molecule has 0 bridgehead atoms. The third kappa shape index (κ3) is 7.94. The van der Waals surface area contributed by atoms with Crippen LogP contribution in [0.2, 0.25) is 10.0 Å². The van der Waals surface area contributed by atoms with Crippen molar-refractivity contribution in [1.82, 2.24) is 10.2 Å². The van der Waals surface area contributed by atoms with Gasteiger partial charge in [0.2, 0.25) is 11.8 Å². The van der Waals surface area contributed by atoms with Gasteiger partial charge in [0, 0.05) is 39.7 Å². The molecule has 2 aromatic rings. The lowest BCUT2D eigenvalue weighted by molar-refractivity contribution is -0.141. The maximum Gasteiger partial charge on any atom is 0.243 e. The number of carbonyl (C=O) groups excluding carboxylic acids is 2. The average molecular weight is 508 g/mol. The highest BCUT2D eigenvalue weighted by atomic mass is 35.5. The molecule has 0 spiro atoms. The largest absolute Gasteiger partial charge is 0.352 e. The molecular formula is C26H32Cl2N2O2S. The quantitative estimate of drug-likeness (QED) is 0.363. The van der Waals surface area contributed by atoms with Crippen LogP contribution in [0.3, 0.4) is 0 Å². The summed E-state index contributed by atoms with van der Waals surface area (Å²) in [4.78, 5) is 29.4. The molecule has 0 aromatic heterocycles. The molecule has 0 saturated heterocycles. The Bertz CT molecular complexity index is 920. The van der Waals surface area contributed by atoms with Crippen molar-refractivity contribution in [1.29, 1.82) is 0 Å². The van der Waals surface area contributed by atoms with Crippen molar-refractivity contribution >= 4 is 46.8 Å². The first-order chi connectivity index (χ1) is 16.0. The predicted octanol–water partition coefficient (Wildman–Crippen LogP) is 6.73. The number of nitrogens with one attached hydrogen (secondary N) is 1. The summed E-state index contributed by atoms with van der Waals surface area (Å²) >= 11 is 14.1. The molecule has 1 fully saturated rings. The first-order valence-electron chi connectivity index (χ1n) is 11.7. The molecule has 1 aliphatic rings. The van der Waals surface area contributed by atoms with E-state index in [1.807, 2.05) is 43.3 Å². The van der Waals surface area contributed by atoms with Crippen molar-refractivity contribution in [2.45, 2.75) is 75.4 Å². The van der Waals surface area contributed by atoms with Crippen LogP contribution >= 0.6 is 35.0 Å². The number of nitrogens with zero attached hydrogens (tertiary/aromatic N) is 1. The van der Waals surface area contributed by atoms with E-state index in [4.69, 9.17) is 23.2 Å². The summed E-state index contributed by atoms with van der Waals surface area (Å²) in [6, 6.07) is 15.0. The van der Waals surface area contributed by atoms with Gasteiger partial charge in [0.05, 0.1) is 0 Å². The third-order valence-electron chi connectivity index (χ3n) is 6.02. The Morgan fingerprint density at radius 1 is 1.09 bits per heavy atom. The number of rotatable bonds is 10. The van der Waals surface area contributed by atoms with Crippen LogP contribution in [0.4, 0.5) is 0 Å². The highest BCUT2D eigenvalue weighted by Gasteiger charge is 2.30. The lowest BCUT2D eigenvalue weighted by Gasteiger charge is -2.33. The van der Waals surface area contributed by atoms with Crippen molar-refractivity contribution in [3.05, 3.63) is 64.1 Å². The minimum atomic E-state index is -0.534. The predicted molar refractivity (Wildman–Crippen MR) is 138 cm³/mol. The van der Waals surface area contributed by atoms with Gasteiger partial charge in [-0.15, -0.1) is 11.8 Å². The van der Waals surface area contributed by atoms with E-state index in [-0.39, 0.29) is 24.4 Å². The lowest BCUT2D eigenvalue weighted by atomic mass is 9.95. The summed E-state index contributed by atoms with van der Waals surface area (Å²) in [6.07, 6.45) is 6.41. The van der Waals surface area contributed by atoms with Crippen LogP contribution in [0.25, 0.3) is 0 Å². The lowest BCUT2D eigenvalue weighted by Crippen LogP contribution is -2.51. The maximum absolute atomic E-state index is 13.4. The SMILES string of the molecule is CC[C@@H](C(=O)NC1CCCCC1)N(Cc1ccc(Cl)cc1Cl)C(=O)CCSc1ccccc1. The zero-order valence-electron chi connectivity index (χ0n) is 19.1. The van der Waals surface area contributed by atoms with Gasteiger partial charge in [0.1, 0.15) is 6.04 Å². The Hall–Kier alpha value is -1.69. The Morgan fingerprint density at radius 2 is 1.82 bits per heavy atom. The molecule has 3 rings (SSSR count). The van der Waals surface area contributed by atoms with Gasteiger partial charge < -0.3 is 10.2 Å². The molecule has 0 aliphatic heterocycles. The third-order valence-corrected chi connectivity index (χ3v) is 7.62. The van der Waals surface area contributed by atoms with Gasteiger partial charge in [0.15, 0.2) is 0 Å². The van der Waals surface area contributed by atoms with Crippen LogP contribution in [0.15, 0.2) is 53.4 Å². The number of amides is 2. The highest BCUT2D eigenvalue weighted by molar-refractivity contribution is 7.99. The molecule has 1 atom stereocenters. The minimum absolute atomic E-state index is 0.0462. The van der Waals surface area contributed by atoms with Crippen molar-refractivity contribution in [2.75, 3.05) is 5.75 Å². The number of halogens is 2. The molecule has 0 radical (unpaired) electrons. The first-order valence-corrected chi connectivity index (χ1v) is 13.4. The maximum atomic E-state index is 13.4. The fraction of sp³-hybridized carbons (Fsp3) is 0.462. The van der Waals surface area contributed by atoms with Crippen LogP contribution < -0.4 is 5.32 Å². The number of benzene rings is 2. The van der Waals surface area contributed by atoms with Crippen LogP contribution in [0.1, 0.15) is 57.4 Å². The second kappa shape index (κ2) is 13.3. The van der Waals surface area contributed by atoms with Crippen LogP contribution in [0.5, 0.6) is 0 Å². The number of thioether (sulfide) groups is 1. The molecular weight excluding hydrogens is 475 g/mol. The standard InChI is InChI=1S/C26H32Cl2N2O2S/c1-2-24(26(32)29-21-9-5-3-6-10-21)30(18-19-13-14-20(27)17-23(19)28)25(31)15-16-33-22-11-7-4-8-12-22/h4,7-8,11-14,17,21,24H,2-3,5-6,9-10,15-16,18H2,1H3,(H,29,32)/t24-/m0/s1. The Balaban J connectivity index is 1.73. The Labute approximate surface area is 211 Å². The molecule has 2 amide bonds. The normalized spacial score (nSPS) is 15.1. The summed E-state index contributed by atoms with van der Waals surface area (Å²) in [5.41, 5.74) is 0.786. The molecule has 2 aromatic carbocycles. The van der Waals surface area contributed by atoms with E-state index in [0.29, 0.717) is 28.6 Å². The van der Waals surface area contributed by atoms with Crippen LogP contribution in [-0.2, 0) is 16.1 Å². The van der Waals surface area contributed by atoms with E-state index in [0.717, 1.165) is 36.1 Å². The van der Waals surface area contributed by atoms with E-state index in [1.165, 1.54) is 6.42 Å². The van der Waals surface area contributed by atoms with E-state index >= 15 is 0 Å². The van der Waals surface area contributed by atoms with E-state index < -0.39 is 6.04 Å². The van der Waals surface area contributed by atoms with Gasteiger partial charge in [-0.25, -0.2) is 0 Å². The summed E-state index contributed by atoms with van der Waals surface area (Å²) in [7, 11) is 0. The van der Waals surface area contributed by atoms with Crippen LogP contribution in [0, 0.1) is 0 Å². The van der Waals surface area contributed by atoms with Gasteiger partial charge >= 0.3 is 0 Å². The molecule has 1 aliphatic carbocycles. The minimum Gasteiger partial charge on any atom is -0.352 e. The number of hydrogen-bond donors (Lipinski definition) is 1. The van der Waals surface area contributed by atoms with Crippen molar-refractivity contribution in [3.63, 3.8) is 0 Å². The smallest absolute Gasteiger partial charge is 0.243 e. The summed E-state index contributed by atoms with van der Waals surface area (Å²) < 4.78 is 0. The second-order valence-corrected chi connectivity index (χ2v) is 10.4. The van der Waals surface area contributed by atoms with E-state index in [2.05, 4.69) is 5.32 Å². The highest BCUT2D eigenvalue weighted by Crippen LogP contribution is 2.25. The zero-order chi connectivity index (χ0) is 23.6. The topological polar surface area (TPSA) is 49.4 Å². The second-order valence-electron chi connectivity index (χ2n) is 8.44.